The van der Waals surface area contributed by atoms with Crippen molar-refractivity contribution in [2.75, 3.05) is 0 Å². The molecule has 4 heteroatoms. The van der Waals surface area contributed by atoms with E-state index in [0.717, 1.165) is 0 Å². The number of hydrogen-bond acceptors (Lipinski definition) is 2. The van der Waals surface area contributed by atoms with Crippen LogP contribution in [0.4, 0.5) is 0 Å². The largest absolute Gasteiger partial charge is 0.597 e. The van der Waals surface area contributed by atoms with Crippen LogP contribution in [0.3, 0.4) is 0 Å². The van der Waals surface area contributed by atoms with E-state index in [-0.39, 0.29) is 4.86 Å². The maximum Gasteiger partial charge on any atom is 0.217 e. The first kappa shape index (κ1) is 8.94. The molecule has 1 N–H and O–H groups in total. The standard InChI is InChI=1S/C6H12N2O2/c1-5(2)6(3,4)8(10)7-9/h9H,1H2,2-4H3/b8-7-. The Morgan fingerprint density at radius 3 is 2.20 bits per heavy atom. The van der Waals surface area contributed by atoms with Gasteiger partial charge in [0, 0.05) is 13.8 Å². The van der Waals surface area contributed by atoms with Crippen LogP contribution in [-0.4, -0.2) is 15.6 Å². The van der Waals surface area contributed by atoms with E-state index in [0.29, 0.717) is 5.57 Å². The summed E-state index contributed by atoms with van der Waals surface area (Å²) in [5.41, 5.74) is -0.172. The minimum Gasteiger partial charge on any atom is -0.597 e. The second-order valence-electron chi connectivity index (χ2n) is 2.70. The van der Waals surface area contributed by atoms with Gasteiger partial charge in [-0.05, 0) is 17.4 Å². The van der Waals surface area contributed by atoms with E-state index in [2.05, 4.69) is 11.9 Å². The molecule has 0 saturated heterocycles. The molecule has 0 radical (unpaired) electrons. The molecule has 4 nitrogen and oxygen atoms in total. The highest BCUT2D eigenvalue weighted by Gasteiger charge is 2.29. The van der Waals surface area contributed by atoms with Crippen LogP contribution >= 0.6 is 0 Å². The highest BCUT2D eigenvalue weighted by atomic mass is 16.6. The summed E-state index contributed by atoms with van der Waals surface area (Å²) in [6.45, 7) is 8.54. The molecule has 0 aliphatic carbocycles. The van der Waals surface area contributed by atoms with Gasteiger partial charge in [0.15, 0.2) is 5.28 Å². The minimum atomic E-state index is -0.825. The Balaban J connectivity index is 4.56. The Hall–Kier alpha value is -1.06. The maximum absolute atomic E-state index is 10.7. The molecule has 0 aromatic rings. The van der Waals surface area contributed by atoms with Crippen molar-refractivity contribution in [3.8, 4) is 0 Å². The zero-order chi connectivity index (χ0) is 8.36. The molecular weight excluding hydrogens is 132 g/mol. The summed E-state index contributed by atoms with van der Waals surface area (Å²) in [4.78, 5) is 0.218. The van der Waals surface area contributed by atoms with Gasteiger partial charge in [0.2, 0.25) is 5.54 Å². The smallest absolute Gasteiger partial charge is 0.217 e. The van der Waals surface area contributed by atoms with Gasteiger partial charge in [-0.3, -0.25) is 0 Å². The predicted molar refractivity (Wildman–Crippen MR) is 36.7 cm³/mol. The molecule has 10 heavy (non-hydrogen) atoms. The van der Waals surface area contributed by atoms with Gasteiger partial charge in [0.25, 0.3) is 0 Å². The lowest BCUT2D eigenvalue weighted by molar-refractivity contribution is -0.614. The van der Waals surface area contributed by atoms with Crippen molar-refractivity contribution >= 4 is 0 Å². The van der Waals surface area contributed by atoms with Crippen LogP contribution in [-0.2, 0) is 0 Å². The Bertz CT molecular complexity index is 173. The number of hydroxylamine groups is 1. The summed E-state index contributed by atoms with van der Waals surface area (Å²) in [5.74, 6) is 0. The van der Waals surface area contributed by atoms with Crippen molar-refractivity contribution in [1.82, 2.24) is 0 Å². The Kier molecular flexibility index (Phi) is 2.40. The summed E-state index contributed by atoms with van der Waals surface area (Å²) in [5, 5.41) is 21.3. The molecule has 0 saturated carbocycles. The number of rotatable bonds is 2. The molecule has 58 valence electrons. The average Bonchev–Trinajstić information content (AvgIpc) is 1.86. The Labute approximate surface area is 60.0 Å². The fourth-order valence-corrected chi connectivity index (χ4v) is 0.275. The zero-order valence-electron chi connectivity index (χ0n) is 6.46. The fourth-order valence-electron chi connectivity index (χ4n) is 0.275. The highest BCUT2D eigenvalue weighted by Crippen LogP contribution is 2.17. The normalized spacial score (nSPS) is 13.3. The van der Waals surface area contributed by atoms with Gasteiger partial charge in [-0.2, -0.15) is 0 Å². The molecule has 0 bridgehead atoms. The lowest BCUT2D eigenvalue weighted by Crippen LogP contribution is -2.32. The van der Waals surface area contributed by atoms with Gasteiger partial charge >= 0.3 is 0 Å². The highest BCUT2D eigenvalue weighted by molar-refractivity contribution is 5.04. The first-order valence-corrected chi connectivity index (χ1v) is 2.91. The lowest BCUT2D eigenvalue weighted by Gasteiger charge is -2.18. The molecule has 0 spiro atoms. The van der Waals surface area contributed by atoms with Crippen LogP contribution in [0.2, 0.25) is 0 Å². The van der Waals surface area contributed by atoms with Crippen molar-refractivity contribution < 1.29 is 10.1 Å². The average molecular weight is 144 g/mol. The lowest BCUT2D eigenvalue weighted by atomic mass is 9.98. The van der Waals surface area contributed by atoms with Crippen molar-refractivity contribution in [1.29, 1.82) is 0 Å². The SMILES string of the molecule is C=C(C)C(C)(C)/[N+]([O-])=N/O. The molecule has 0 aromatic carbocycles. The van der Waals surface area contributed by atoms with Gasteiger partial charge in [-0.15, -0.1) is 0 Å². The van der Waals surface area contributed by atoms with Crippen LogP contribution in [0.5, 0.6) is 0 Å². The third kappa shape index (κ3) is 1.46. The summed E-state index contributed by atoms with van der Waals surface area (Å²) < 4.78 is 0. The van der Waals surface area contributed by atoms with E-state index in [1.165, 1.54) is 0 Å². The third-order valence-corrected chi connectivity index (χ3v) is 1.60. The fraction of sp³-hybridized carbons (Fsp3) is 0.667. The topological polar surface area (TPSA) is 58.7 Å². The predicted octanol–water partition coefficient (Wildman–Crippen LogP) is 1.69. The van der Waals surface area contributed by atoms with Crippen LogP contribution in [0.25, 0.3) is 0 Å². The van der Waals surface area contributed by atoms with Gasteiger partial charge in [-0.1, -0.05) is 6.58 Å². The second-order valence-corrected chi connectivity index (χ2v) is 2.70. The first-order chi connectivity index (χ1) is 4.42. The van der Waals surface area contributed by atoms with E-state index in [1.54, 1.807) is 20.8 Å². The first-order valence-electron chi connectivity index (χ1n) is 2.91. The van der Waals surface area contributed by atoms with E-state index in [4.69, 9.17) is 5.21 Å². The van der Waals surface area contributed by atoms with E-state index < -0.39 is 5.54 Å². The van der Waals surface area contributed by atoms with Crippen molar-refractivity contribution in [3.63, 3.8) is 0 Å². The van der Waals surface area contributed by atoms with Gasteiger partial charge in [-0.25, -0.2) is 0 Å². The summed E-state index contributed by atoms with van der Waals surface area (Å²) in [6.07, 6.45) is 0. The molecule has 0 unspecified atom stereocenters. The Morgan fingerprint density at radius 1 is 1.70 bits per heavy atom. The van der Waals surface area contributed by atoms with Gasteiger partial charge in [0.1, 0.15) is 0 Å². The monoisotopic (exact) mass is 144 g/mol. The molecule has 0 atom stereocenters. The quantitative estimate of drug-likeness (QED) is 0.277. The van der Waals surface area contributed by atoms with Crippen LogP contribution in [0.15, 0.2) is 17.4 Å². The molecule has 0 amide bonds. The van der Waals surface area contributed by atoms with Crippen molar-refractivity contribution in [2.45, 2.75) is 26.3 Å². The molecule has 0 heterocycles. The number of nitrogens with zero attached hydrogens (tertiary/aromatic N) is 2. The summed E-state index contributed by atoms with van der Waals surface area (Å²) in [6, 6.07) is 0. The molecular formula is C6H12N2O2. The Morgan fingerprint density at radius 2 is 2.10 bits per heavy atom. The molecule has 0 fully saturated rings. The van der Waals surface area contributed by atoms with Crippen LogP contribution in [0.1, 0.15) is 20.8 Å². The van der Waals surface area contributed by atoms with E-state index in [1.807, 2.05) is 0 Å². The van der Waals surface area contributed by atoms with Crippen LogP contribution < -0.4 is 0 Å². The zero-order valence-corrected chi connectivity index (χ0v) is 6.46. The molecule has 0 aromatic heterocycles. The summed E-state index contributed by atoms with van der Waals surface area (Å²) >= 11 is 0. The third-order valence-electron chi connectivity index (χ3n) is 1.60. The second kappa shape index (κ2) is 2.68. The molecule has 0 aliphatic heterocycles. The molecule has 0 rings (SSSR count). The maximum atomic E-state index is 10.7. The van der Waals surface area contributed by atoms with Crippen molar-refractivity contribution in [3.05, 3.63) is 17.4 Å². The van der Waals surface area contributed by atoms with E-state index >= 15 is 0 Å². The van der Waals surface area contributed by atoms with E-state index in [9.17, 15) is 5.21 Å². The van der Waals surface area contributed by atoms with Gasteiger partial charge < -0.3 is 10.4 Å². The number of hydrogen-bond donors (Lipinski definition) is 1. The van der Waals surface area contributed by atoms with Crippen LogP contribution in [0, 0.1) is 5.21 Å². The minimum absolute atomic E-state index is 0.218. The van der Waals surface area contributed by atoms with Gasteiger partial charge in [0.05, 0.1) is 0 Å². The summed E-state index contributed by atoms with van der Waals surface area (Å²) in [7, 11) is 0. The van der Waals surface area contributed by atoms with Crippen molar-refractivity contribution in [2.24, 2.45) is 5.28 Å². The molecule has 0 aliphatic rings.